The molecule has 0 saturated heterocycles. The highest BCUT2D eigenvalue weighted by atomic mass is 16.7. The Morgan fingerprint density at radius 2 is 1.86 bits per heavy atom. The van der Waals surface area contributed by atoms with Crippen LogP contribution >= 0.6 is 0 Å². The van der Waals surface area contributed by atoms with E-state index in [2.05, 4.69) is 65.8 Å². The Labute approximate surface area is 177 Å². The molecule has 2 atom stereocenters. The fourth-order valence-corrected chi connectivity index (χ4v) is 4.40. The molecule has 3 nitrogen and oxygen atoms in total. The van der Waals surface area contributed by atoms with Crippen molar-refractivity contribution in [1.82, 2.24) is 0 Å². The third-order valence-corrected chi connectivity index (χ3v) is 6.63. The second-order valence-electron chi connectivity index (χ2n) is 9.76. The number of allylic oxidation sites excluding steroid dienone is 1. The lowest BCUT2D eigenvalue weighted by Gasteiger charge is -2.47. The minimum atomic E-state index is -0.386. The van der Waals surface area contributed by atoms with Crippen LogP contribution in [0.2, 0.25) is 0 Å². The molecule has 2 unspecified atom stereocenters. The van der Waals surface area contributed by atoms with E-state index in [1.165, 1.54) is 11.1 Å². The van der Waals surface area contributed by atoms with Crippen molar-refractivity contribution in [3.05, 3.63) is 46.5 Å². The minimum Gasteiger partial charge on any atom is -0.353 e. The molecule has 0 radical (unpaired) electrons. The highest BCUT2D eigenvalue weighted by Crippen LogP contribution is 2.49. The molecule has 0 amide bonds. The number of rotatable bonds is 9. The number of ketones is 1. The summed E-state index contributed by atoms with van der Waals surface area (Å²) in [7, 11) is 0. The molecule has 3 heteroatoms. The molecule has 0 spiro atoms. The van der Waals surface area contributed by atoms with Crippen LogP contribution in [0.15, 0.2) is 24.3 Å². The van der Waals surface area contributed by atoms with Crippen molar-refractivity contribution in [2.24, 2.45) is 5.92 Å². The number of benzene rings is 1. The number of ether oxygens (including phenoxy) is 2. The van der Waals surface area contributed by atoms with Gasteiger partial charge in [-0.1, -0.05) is 59.8 Å². The molecule has 162 valence electrons. The van der Waals surface area contributed by atoms with Gasteiger partial charge in [-0.05, 0) is 72.6 Å². The van der Waals surface area contributed by atoms with E-state index in [0.717, 1.165) is 30.4 Å². The molecule has 0 aliphatic heterocycles. The van der Waals surface area contributed by atoms with Crippen LogP contribution in [-0.2, 0) is 20.3 Å². The van der Waals surface area contributed by atoms with Crippen molar-refractivity contribution in [3.63, 3.8) is 0 Å². The Morgan fingerprint density at radius 1 is 1.17 bits per heavy atom. The summed E-state index contributed by atoms with van der Waals surface area (Å²) in [6, 6.07) is 4.37. The molecule has 1 aliphatic rings. The smallest absolute Gasteiger partial charge is 0.188 e. The standard InChI is InChI=1S/C26H40O3/c1-9-10-11-12-13-28-20(4)29-17-24(27)21-15-22-23(14-18(21)2)26(7,8)19(3)16-25(22,5)6/h10-11,14-15,19-20H,9,12-13,16-17H2,1-8H3/b11-10-. The van der Waals surface area contributed by atoms with Crippen molar-refractivity contribution < 1.29 is 14.3 Å². The number of carbonyl (C=O) groups is 1. The number of Topliss-reactive ketones (excluding diaryl/α,β-unsaturated/α-hetero) is 1. The van der Waals surface area contributed by atoms with E-state index in [9.17, 15) is 4.79 Å². The fourth-order valence-electron chi connectivity index (χ4n) is 4.40. The topological polar surface area (TPSA) is 35.5 Å². The summed E-state index contributed by atoms with van der Waals surface area (Å²) in [5.74, 6) is 0.623. The van der Waals surface area contributed by atoms with Gasteiger partial charge in [-0.2, -0.15) is 0 Å². The molecule has 1 aromatic rings. The van der Waals surface area contributed by atoms with Gasteiger partial charge in [-0.25, -0.2) is 0 Å². The highest BCUT2D eigenvalue weighted by Gasteiger charge is 2.42. The van der Waals surface area contributed by atoms with E-state index in [1.54, 1.807) is 0 Å². The summed E-state index contributed by atoms with van der Waals surface area (Å²) in [5.41, 5.74) is 4.68. The van der Waals surface area contributed by atoms with Crippen molar-refractivity contribution in [3.8, 4) is 0 Å². The summed E-state index contributed by atoms with van der Waals surface area (Å²) < 4.78 is 11.3. The van der Waals surface area contributed by atoms with Crippen LogP contribution in [0.3, 0.4) is 0 Å². The zero-order valence-corrected chi connectivity index (χ0v) is 19.7. The summed E-state index contributed by atoms with van der Waals surface area (Å²) in [5, 5.41) is 0. The molecule has 0 saturated carbocycles. The molecule has 0 N–H and O–H groups in total. The predicted molar refractivity (Wildman–Crippen MR) is 121 cm³/mol. The normalized spacial score (nSPS) is 21.2. The first-order valence-corrected chi connectivity index (χ1v) is 11.1. The number of hydrogen-bond acceptors (Lipinski definition) is 3. The van der Waals surface area contributed by atoms with Crippen molar-refractivity contribution in [2.75, 3.05) is 13.2 Å². The van der Waals surface area contributed by atoms with E-state index in [0.29, 0.717) is 12.5 Å². The van der Waals surface area contributed by atoms with E-state index >= 15 is 0 Å². The molecule has 1 aliphatic carbocycles. The third-order valence-electron chi connectivity index (χ3n) is 6.63. The van der Waals surface area contributed by atoms with Crippen LogP contribution in [0.5, 0.6) is 0 Å². The predicted octanol–water partition coefficient (Wildman–Crippen LogP) is 6.51. The molecular weight excluding hydrogens is 360 g/mol. The zero-order valence-electron chi connectivity index (χ0n) is 19.7. The Kier molecular flexibility index (Phi) is 7.86. The first-order valence-electron chi connectivity index (χ1n) is 11.1. The monoisotopic (exact) mass is 400 g/mol. The molecular formula is C26H40O3. The van der Waals surface area contributed by atoms with E-state index < -0.39 is 0 Å². The molecule has 0 bridgehead atoms. The van der Waals surface area contributed by atoms with E-state index in [-0.39, 0.29) is 29.5 Å². The molecule has 29 heavy (non-hydrogen) atoms. The third kappa shape index (κ3) is 5.58. The van der Waals surface area contributed by atoms with Crippen molar-refractivity contribution in [1.29, 1.82) is 0 Å². The van der Waals surface area contributed by atoms with Gasteiger partial charge in [-0.15, -0.1) is 0 Å². The molecule has 0 aromatic heterocycles. The van der Waals surface area contributed by atoms with Gasteiger partial charge in [0.1, 0.15) is 6.61 Å². The first-order chi connectivity index (χ1) is 13.5. The highest BCUT2D eigenvalue weighted by molar-refractivity contribution is 5.98. The van der Waals surface area contributed by atoms with Gasteiger partial charge in [-0.3, -0.25) is 4.79 Å². The second kappa shape index (κ2) is 9.57. The number of aryl methyl sites for hydroxylation is 1. The van der Waals surface area contributed by atoms with E-state index in [4.69, 9.17) is 9.47 Å². The van der Waals surface area contributed by atoms with Crippen LogP contribution in [0.25, 0.3) is 0 Å². The van der Waals surface area contributed by atoms with Gasteiger partial charge >= 0.3 is 0 Å². The van der Waals surface area contributed by atoms with Crippen LogP contribution in [0.1, 0.15) is 94.8 Å². The van der Waals surface area contributed by atoms with Gasteiger partial charge in [0.25, 0.3) is 0 Å². The first kappa shape index (κ1) is 23.8. The number of fused-ring (bicyclic) bond motifs is 1. The summed E-state index contributed by atoms with van der Waals surface area (Å²) >= 11 is 0. The SMILES string of the molecule is CC/C=C\CCOC(C)OCC(=O)c1cc2c(cc1C)C(C)(C)C(C)CC2(C)C. The molecule has 2 rings (SSSR count). The lowest BCUT2D eigenvalue weighted by Crippen LogP contribution is -2.40. The lowest BCUT2D eigenvalue weighted by molar-refractivity contribution is -0.121. The summed E-state index contributed by atoms with van der Waals surface area (Å²) in [4.78, 5) is 12.9. The Bertz CT molecular complexity index is 743. The maximum atomic E-state index is 12.9. The zero-order chi connectivity index (χ0) is 21.8. The minimum absolute atomic E-state index is 0.0267. The van der Waals surface area contributed by atoms with Gasteiger partial charge < -0.3 is 9.47 Å². The fraction of sp³-hybridized carbons (Fsp3) is 0.654. The number of carbonyl (C=O) groups excluding carboxylic acids is 1. The number of hydrogen-bond donors (Lipinski definition) is 0. The molecule has 0 heterocycles. The maximum Gasteiger partial charge on any atom is 0.188 e. The average molecular weight is 401 g/mol. The Morgan fingerprint density at radius 3 is 2.52 bits per heavy atom. The van der Waals surface area contributed by atoms with Crippen molar-refractivity contribution in [2.45, 2.75) is 91.8 Å². The van der Waals surface area contributed by atoms with Gasteiger partial charge in [0.15, 0.2) is 12.1 Å². The Balaban J connectivity index is 2.09. The van der Waals surface area contributed by atoms with Crippen LogP contribution in [-0.4, -0.2) is 25.3 Å². The van der Waals surface area contributed by atoms with Crippen LogP contribution in [0, 0.1) is 12.8 Å². The molecule has 1 aromatic carbocycles. The summed E-state index contributed by atoms with van der Waals surface area (Å²) in [6.07, 6.45) is 6.87. The van der Waals surface area contributed by atoms with Crippen LogP contribution < -0.4 is 0 Å². The van der Waals surface area contributed by atoms with Gasteiger partial charge in [0.2, 0.25) is 0 Å². The van der Waals surface area contributed by atoms with Gasteiger partial charge in [0.05, 0.1) is 6.61 Å². The van der Waals surface area contributed by atoms with Gasteiger partial charge in [0, 0.05) is 5.56 Å². The second-order valence-corrected chi connectivity index (χ2v) is 9.76. The molecule has 0 fully saturated rings. The van der Waals surface area contributed by atoms with Crippen LogP contribution in [0.4, 0.5) is 0 Å². The Hall–Kier alpha value is -1.45. The maximum absolute atomic E-state index is 12.9. The summed E-state index contributed by atoms with van der Waals surface area (Å²) in [6.45, 7) is 18.2. The average Bonchev–Trinajstić information content (AvgIpc) is 2.64. The largest absolute Gasteiger partial charge is 0.353 e. The van der Waals surface area contributed by atoms with Crippen molar-refractivity contribution >= 4 is 5.78 Å². The lowest BCUT2D eigenvalue weighted by atomic mass is 9.58. The quantitative estimate of drug-likeness (QED) is 0.205. The van der Waals surface area contributed by atoms with E-state index in [1.807, 2.05) is 13.8 Å².